The van der Waals surface area contributed by atoms with Gasteiger partial charge in [0.1, 0.15) is 0 Å². The SMILES string of the molecule is Cc1cc(C)c(CC(=O)N(C)C2CCCCC2N(C)C)c(C)c1.Cl. The van der Waals surface area contributed by atoms with E-state index >= 15 is 0 Å². The maximum Gasteiger partial charge on any atom is 0.227 e. The van der Waals surface area contributed by atoms with Crippen molar-refractivity contribution in [1.82, 2.24) is 9.80 Å². The smallest absolute Gasteiger partial charge is 0.227 e. The second kappa shape index (κ2) is 8.87. The Morgan fingerprint density at radius 1 is 1.00 bits per heavy atom. The van der Waals surface area contributed by atoms with Gasteiger partial charge in [0.2, 0.25) is 5.91 Å². The fourth-order valence-electron chi connectivity index (χ4n) is 4.10. The summed E-state index contributed by atoms with van der Waals surface area (Å²) in [6, 6.07) is 5.19. The van der Waals surface area contributed by atoms with Gasteiger partial charge in [-0.25, -0.2) is 0 Å². The lowest BCUT2D eigenvalue weighted by atomic mass is 9.88. The first-order valence-corrected chi connectivity index (χ1v) is 8.80. The fraction of sp³-hybridized carbons (Fsp3) is 0.650. The average Bonchev–Trinajstić information content (AvgIpc) is 2.49. The first kappa shape index (κ1) is 21.0. The molecule has 0 aliphatic heterocycles. The Labute approximate surface area is 153 Å². The molecule has 1 fully saturated rings. The molecular weight excluding hydrogens is 320 g/mol. The number of hydrogen-bond donors (Lipinski definition) is 0. The highest BCUT2D eigenvalue weighted by Crippen LogP contribution is 2.26. The molecule has 0 spiro atoms. The number of carbonyl (C=O) groups is 1. The minimum Gasteiger partial charge on any atom is -0.341 e. The fourth-order valence-corrected chi connectivity index (χ4v) is 4.10. The van der Waals surface area contributed by atoms with Crippen LogP contribution in [0.3, 0.4) is 0 Å². The Balaban J connectivity index is 0.00000288. The molecular formula is C20H33ClN2O. The molecule has 1 saturated carbocycles. The topological polar surface area (TPSA) is 23.6 Å². The van der Waals surface area contributed by atoms with Crippen molar-refractivity contribution < 1.29 is 4.79 Å². The zero-order valence-corrected chi connectivity index (χ0v) is 16.9. The van der Waals surface area contributed by atoms with Crippen molar-refractivity contribution in [3.63, 3.8) is 0 Å². The van der Waals surface area contributed by atoms with Gasteiger partial charge in [0.25, 0.3) is 0 Å². The van der Waals surface area contributed by atoms with Gasteiger partial charge in [-0.1, -0.05) is 30.5 Å². The van der Waals surface area contributed by atoms with Gasteiger partial charge in [-0.15, -0.1) is 12.4 Å². The lowest BCUT2D eigenvalue weighted by Crippen LogP contribution is -2.52. The van der Waals surface area contributed by atoms with E-state index in [-0.39, 0.29) is 18.3 Å². The summed E-state index contributed by atoms with van der Waals surface area (Å²) in [5, 5.41) is 0. The van der Waals surface area contributed by atoms with Gasteiger partial charge in [0.15, 0.2) is 0 Å². The first-order chi connectivity index (χ1) is 10.8. The van der Waals surface area contributed by atoms with Gasteiger partial charge in [-0.2, -0.15) is 0 Å². The molecule has 2 rings (SSSR count). The van der Waals surface area contributed by atoms with Crippen molar-refractivity contribution >= 4 is 18.3 Å². The molecule has 0 N–H and O–H groups in total. The monoisotopic (exact) mass is 352 g/mol. The predicted molar refractivity (Wildman–Crippen MR) is 104 cm³/mol. The number of amides is 1. The Morgan fingerprint density at radius 3 is 2.00 bits per heavy atom. The predicted octanol–water partition coefficient (Wildman–Crippen LogP) is 3.91. The van der Waals surface area contributed by atoms with E-state index in [0.717, 1.165) is 6.42 Å². The molecule has 0 bridgehead atoms. The molecule has 1 aliphatic rings. The number of benzene rings is 1. The van der Waals surface area contributed by atoms with Crippen molar-refractivity contribution in [2.24, 2.45) is 0 Å². The van der Waals surface area contributed by atoms with Gasteiger partial charge in [0.05, 0.1) is 6.42 Å². The number of carbonyl (C=O) groups excluding carboxylic acids is 1. The molecule has 24 heavy (non-hydrogen) atoms. The third kappa shape index (κ3) is 4.73. The van der Waals surface area contributed by atoms with Gasteiger partial charge < -0.3 is 9.80 Å². The van der Waals surface area contributed by atoms with Crippen LogP contribution < -0.4 is 0 Å². The Kier molecular flexibility index (Phi) is 7.75. The van der Waals surface area contributed by atoms with Crippen LogP contribution in [0.4, 0.5) is 0 Å². The molecule has 4 heteroatoms. The maximum atomic E-state index is 12.9. The van der Waals surface area contributed by atoms with Crippen molar-refractivity contribution in [3.05, 3.63) is 34.4 Å². The second-order valence-corrected chi connectivity index (χ2v) is 7.44. The molecule has 3 nitrogen and oxygen atoms in total. The molecule has 2 unspecified atom stereocenters. The van der Waals surface area contributed by atoms with Gasteiger partial charge in [0, 0.05) is 19.1 Å². The van der Waals surface area contributed by atoms with E-state index in [1.807, 2.05) is 11.9 Å². The highest BCUT2D eigenvalue weighted by atomic mass is 35.5. The van der Waals surface area contributed by atoms with Crippen molar-refractivity contribution in [1.29, 1.82) is 0 Å². The van der Waals surface area contributed by atoms with E-state index < -0.39 is 0 Å². The summed E-state index contributed by atoms with van der Waals surface area (Å²) >= 11 is 0. The van der Waals surface area contributed by atoms with Gasteiger partial charge in [-0.05, 0) is 64.4 Å². The van der Waals surface area contributed by atoms with E-state index in [9.17, 15) is 4.79 Å². The van der Waals surface area contributed by atoms with Crippen LogP contribution in [0.5, 0.6) is 0 Å². The first-order valence-electron chi connectivity index (χ1n) is 8.80. The molecule has 1 amide bonds. The van der Waals surface area contributed by atoms with Crippen LogP contribution in [0, 0.1) is 20.8 Å². The quantitative estimate of drug-likeness (QED) is 0.820. The number of likely N-dealkylation sites (N-methyl/N-ethyl adjacent to an activating group) is 2. The molecule has 0 heterocycles. The third-order valence-corrected chi connectivity index (χ3v) is 5.42. The summed E-state index contributed by atoms with van der Waals surface area (Å²) in [6.45, 7) is 6.35. The second-order valence-electron chi connectivity index (χ2n) is 7.44. The van der Waals surface area contributed by atoms with Crippen LogP contribution in [0.25, 0.3) is 0 Å². The van der Waals surface area contributed by atoms with Crippen LogP contribution in [0.1, 0.15) is 47.9 Å². The largest absolute Gasteiger partial charge is 0.341 e. The zero-order valence-electron chi connectivity index (χ0n) is 16.1. The maximum absolute atomic E-state index is 12.9. The number of rotatable bonds is 4. The number of halogens is 1. The summed E-state index contributed by atoms with van der Waals surface area (Å²) in [5.41, 5.74) is 4.93. The highest BCUT2D eigenvalue weighted by Gasteiger charge is 2.32. The molecule has 0 radical (unpaired) electrons. The summed E-state index contributed by atoms with van der Waals surface area (Å²) in [7, 11) is 6.26. The van der Waals surface area contributed by atoms with Crippen molar-refractivity contribution in [2.45, 2.75) is 65.0 Å². The number of hydrogen-bond acceptors (Lipinski definition) is 2. The van der Waals surface area contributed by atoms with Crippen molar-refractivity contribution in [3.8, 4) is 0 Å². The van der Waals surface area contributed by atoms with Gasteiger partial charge >= 0.3 is 0 Å². The van der Waals surface area contributed by atoms with Crippen LogP contribution in [-0.4, -0.2) is 48.9 Å². The minimum absolute atomic E-state index is 0. The summed E-state index contributed by atoms with van der Waals surface area (Å²) < 4.78 is 0. The van der Waals surface area contributed by atoms with Crippen LogP contribution >= 0.6 is 12.4 Å². The molecule has 136 valence electrons. The Hall–Kier alpha value is -1.06. The molecule has 2 atom stereocenters. The lowest BCUT2D eigenvalue weighted by Gasteiger charge is -2.41. The van der Waals surface area contributed by atoms with E-state index in [0.29, 0.717) is 18.5 Å². The minimum atomic E-state index is 0. The lowest BCUT2D eigenvalue weighted by molar-refractivity contribution is -0.133. The molecule has 0 aromatic heterocycles. The highest BCUT2D eigenvalue weighted by molar-refractivity contribution is 5.85. The molecule has 1 aromatic rings. The van der Waals surface area contributed by atoms with Crippen molar-refractivity contribution in [2.75, 3.05) is 21.1 Å². The molecule has 1 aliphatic carbocycles. The number of aryl methyl sites for hydroxylation is 3. The normalized spacial score (nSPS) is 20.6. The summed E-state index contributed by atoms with van der Waals surface area (Å²) in [6.07, 6.45) is 5.34. The summed E-state index contributed by atoms with van der Waals surface area (Å²) in [5.74, 6) is 0.249. The van der Waals surface area contributed by atoms with Gasteiger partial charge in [-0.3, -0.25) is 4.79 Å². The average molecular weight is 353 g/mol. The van der Waals surface area contributed by atoms with E-state index in [2.05, 4.69) is 51.9 Å². The molecule has 0 saturated heterocycles. The van der Waals surface area contributed by atoms with Crippen LogP contribution in [0.2, 0.25) is 0 Å². The van der Waals surface area contributed by atoms with E-state index in [4.69, 9.17) is 0 Å². The summed E-state index contributed by atoms with van der Waals surface area (Å²) in [4.78, 5) is 17.2. The third-order valence-electron chi connectivity index (χ3n) is 5.42. The zero-order chi connectivity index (χ0) is 17.1. The van der Waals surface area contributed by atoms with Crippen LogP contribution in [-0.2, 0) is 11.2 Å². The van der Waals surface area contributed by atoms with E-state index in [1.165, 1.54) is 41.5 Å². The Morgan fingerprint density at radius 2 is 1.50 bits per heavy atom. The molecule has 1 aromatic carbocycles. The van der Waals surface area contributed by atoms with E-state index in [1.54, 1.807) is 0 Å². The van der Waals surface area contributed by atoms with Crippen LogP contribution in [0.15, 0.2) is 12.1 Å². The standard InChI is InChI=1S/C20H32N2O.ClH/c1-14-11-15(2)17(16(3)12-14)13-20(23)22(6)19-10-8-7-9-18(19)21(4)5;/h11-12,18-19H,7-10,13H2,1-6H3;1H. The Bertz CT molecular complexity index is 548. The number of nitrogens with zero attached hydrogens (tertiary/aromatic N) is 2.